The minimum Gasteiger partial charge on any atom is -0.478 e. The molecule has 2 rings (SSSR count). The van der Waals surface area contributed by atoms with Crippen molar-refractivity contribution in [3.8, 4) is 0 Å². The Hall–Kier alpha value is -1.79. The number of thioether (sulfide) groups is 1. The van der Waals surface area contributed by atoms with Gasteiger partial charge in [-0.1, -0.05) is 11.6 Å². The van der Waals surface area contributed by atoms with E-state index in [1.165, 1.54) is 30.2 Å². The maximum Gasteiger partial charge on any atom is 0.335 e. The summed E-state index contributed by atoms with van der Waals surface area (Å²) in [6.45, 7) is 0. The molecule has 0 aliphatic heterocycles. The quantitative estimate of drug-likeness (QED) is 0.666. The van der Waals surface area contributed by atoms with E-state index < -0.39 is 5.97 Å². The molecule has 98 valence electrons. The van der Waals surface area contributed by atoms with Crippen molar-refractivity contribution in [3.63, 3.8) is 0 Å². The lowest BCUT2D eigenvalue weighted by atomic mass is 10.2. The number of aromatic carboxylic acids is 1. The Kier molecular flexibility index (Phi) is 4.24. The lowest BCUT2D eigenvalue weighted by Gasteiger charge is -2.08. The number of anilines is 2. The molecule has 1 aromatic carbocycles. The first-order valence-electron chi connectivity index (χ1n) is 5.26. The van der Waals surface area contributed by atoms with Crippen LogP contribution in [0.15, 0.2) is 35.6 Å². The van der Waals surface area contributed by atoms with Crippen molar-refractivity contribution in [1.82, 2.24) is 9.97 Å². The van der Waals surface area contributed by atoms with E-state index in [9.17, 15) is 4.79 Å². The summed E-state index contributed by atoms with van der Waals surface area (Å²) < 4.78 is 0. The van der Waals surface area contributed by atoms with E-state index in [2.05, 4.69) is 15.3 Å². The molecule has 0 fully saturated rings. The number of halogens is 1. The van der Waals surface area contributed by atoms with Crippen LogP contribution in [0.4, 0.5) is 11.5 Å². The fourth-order valence-corrected chi connectivity index (χ4v) is 2.02. The molecule has 0 amide bonds. The summed E-state index contributed by atoms with van der Waals surface area (Å²) >= 11 is 7.52. The average Bonchev–Trinajstić information content (AvgIpc) is 2.41. The van der Waals surface area contributed by atoms with E-state index in [1.54, 1.807) is 12.1 Å². The van der Waals surface area contributed by atoms with Crippen LogP contribution in [0, 0.1) is 0 Å². The molecule has 0 aliphatic carbocycles. The zero-order valence-corrected chi connectivity index (χ0v) is 11.5. The number of nitrogens with zero attached hydrogens (tertiary/aromatic N) is 2. The standard InChI is InChI=1S/C12H10ClN3O2S/c1-19-11-5-10(14-6-15-11)16-9-3-2-7(12(17)18)4-8(9)13/h2-6H,1H3,(H,17,18)(H,14,15,16). The molecule has 0 spiro atoms. The molecule has 19 heavy (non-hydrogen) atoms. The van der Waals surface area contributed by atoms with Crippen molar-refractivity contribution in [2.24, 2.45) is 0 Å². The van der Waals surface area contributed by atoms with Crippen molar-refractivity contribution in [2.45, 2.75) is 5.03 Å². The number of carboxylic acids is 1. The first-order valence-corrected chi connectivity index (χ1v) is 6.86. The topological polar surface area (TPSA) is 75.1 Å². The third-order valence-corrected chi connectivity index (χ3v) is 3.28. The van der Waals surface area contributed by atoms with Crippen molar-refractivity contribution < 1.29 is 9.90 Å². The zero-order chi connectivity index (χ0) is 13.8. The third-order valence-electron chi connectivity index (χ3n) is 2.33. The van der Waals surface area contributed by atoms with Crippen molar-refractivity contribution in [1.29, 1.82) is 0 Å². The van der Waals surface area contributed by atoms with E-state index in [0.29, 0.717) is 16.5 Å². The lowest BCUT2D eigenvalue weighted by Crippen LogP contribution is -1.99. The summed E-state index contributed by atoms with van der Waals surface area (Å²) in [6.07, 6.45) is 3.37. The monoisotopic (exact) mass is 295 g/mol. The largest absolute Gasteiger partial charge is 0.478 e. The fourth-order valence-electron chi connectivity index (χ4n) is 1.41. The van der Waals surface area contributed by atoms with Crippen LogP contribution in [-0.2, 0) is 0 Å². The van der Waals surface area contributed by atoms with E-state index in [1.807, 2.05) is 6.26 Å². The van der Waals surface area contributed by atoms with Crippen LogP contribution in [0.3, 0.4) is 0 Å². The number of benzene rings is 1. The van der Waals surface area contributed by atoms with Crippen LogP contribution in [0.1, 0.15) is 10.4 Å². The summed E-state index contributed by atoms with van der Waals surface area (Å²) in [5.41, 5.74) is 0.737. The molecule has 0 unspecified atom stereocenters. The third kappa shape index (κ3) is 3.36. The molecule has 0 bridgehead atoms. The lowest BCUT2D eigenvalue weighted by molar-refractivity contribution is 0.0697. The summed E-state index contributed by atoms with van der Waals surface area (Å²) in [6, 6.07) is 6.26. The van der Waals surface area contributed by atoms with Gasteiger partial charge in [0, 0.05) is 6.07 Å². The summed E-state index contributed by atoms with van der Waals surface area (Å²) in [7, 11) is 0. The van der Waals surface area contributed by atoms with Gasteiger partial charge in [-0.05, 0) is 24.5 Å². The summed E-state index contributed by atoms with van der Waals surface area (Å²) in [5, 5.41) is 13.0. The number of hydrogen-bond donors (Lipinski definition) is 2. The van der Waals surface area contributed by atoms with E-state index in [0.717, 1.165) is 5.03 Å². The molecule has 0 radical (unpaired) electrons. The van der Waals surface area contributed by atoms with Gasteiger partial charge < -0.3 is 10.4 Å². The second-order valence-corrected chi connectivity index (χ2v) is 4.80. The van der Waals surface area contributed by atoms with E-state index in [4.69, 9.17) is 16.7 Å². The van der Waals surface area contributed by atoms with Gasteiger partial charge in [0.05, 0.1) is 16.3 Å². The molecule has 0 aliphatic rings. The van der Waals surface area contributed by atoms with Crippen molar-refractivity contribution >= 4 is 40.8 Å². The molecular formula is C12H10ClN3O2S. The van der Waals surface area contributed by atoms with E-state index >= 15 is 0 Å². The van der Waals surface area contributed by atoms with Gasteiger partial charge in [0.15, 0.2) is 0 Å². The number of carbonyl (C=O) groups is 1. The number of aromatic nitrogens is 2. The van der Waals surface area contributed by atoms with Gasteiger partial charge in [0.2, 0.25) is 0 Å². The predicted octanol–water partition coefficient (Wildman–Crippen LogP) is 3.29. The molecule has 0 saturated carbocycles. The number of carboxylic acid groups (broad SMARTS) is 1. The van der Waals surface area contributed by atoms with Crippen molar-refractivity contribution in [2.75, 3.05) is 11.6 Å². The molecular weight excluding hydrogens is 286 g/mol. The molecule has 0 atom stereocenters. The maximum atomic E-state index is 10.8. The minimum absolute atomic E-state index is 0.142. The first-order chi connectivity index (χ1) is 9.10. The number of hydrogen-bond acceptors (Lipinski definition) is 5. The number of rotatable bonds is 4. The Morgan fingerprint density at radius 3 is 2.79 bits per heavy atom. The second kappa shape index (κ2) is 5.90. The second-order valence-electron chi connectivity index (χ2n) is 3.57. The Bertz CT molecular complexity index is 622. The molecule has 1 heterocycles. The molecule has 0 saturated heterocycles. The van der Waals surface area contributed by atoms with Gasteiger partial charge in [0.25, 0.3) is 0 Å². The molecule has 2 N–H and O–H groups in total. The number of nitrogens with one attached hydrogen (secondary N) is 1. The Labute approximate surface area is 119 Å². The smallest absolute Gasteiger partial charge is 0.335 e. The van der Waals surface area contributed by atoms with Crippen LogP contribution < -0.4 is 5.32 Å². The highest BCUT2D eigenvalue weighted by Gasteiger charge is 2.08. The Morgan fingerprint density at radius 1 is 1.37 bits per heavy atom. The van der Waals surface area contributed by atoms with Gasteiger partial charge in [0.1, 0.15) is 17.2 Å². The van der Waals surface area contributed by atoms with Gasteiger partial charge >= 0.3 is 5.97 Å². The molecule has 1 aromatic heterocycles. The van der Waals surface area contributed by atoms with Gasteiger partial charge in [-0.2, -0.15) is 0 Å². The van der Waals surface area contributed by atoms with Crippen molar-refractivity contribution in [3.05, 3.63) is 41.2 Å². The predicted molar refractivity (Wildman–Crippen MR) is 75.5 cm³/mol. The van der Waals surface area contributed by atoms with E-state index in [-0.39, 0.29) is 5.56 Å². The maximum absolute atomic E-state index is 10.8. The van der Waals surface area contributed by atoms with Gasteiger partial charge in [-0.25, -0.2) is 14.8 Å². The highest BCUT2D eigenvalue weighted by Crippen LogP contribution is 2.26. The van der Waals surface area contributed by atoms with Crippen LogP contribution in [-0.4, -0.2) is 27.3 Å². The summed E-state index contributed by atoms with van der Waals surface area (Å²) in [4.78, 5) is 18.9. The first kappa shape index (κ1) is 13.6. The minimum atomic E-state index is -1.01. The highest BCUT2D eigenvalue weighted by molar-refractivity contribution is 7.98. The van der Waals surface area contributed by atoms with Crippen LogP contribution in [0.2, 0.25) is 5.02 Å². The molecule has 7 heteroatoms. The van der Waals surface area contributed by atoms with Crippen LogP contribution in [0.25, 0.3) is 0 Å². The zero-order valence-electron chi connectivity index (χ0n) is 9.92. The van der Waals surface area contributed by atoms with Gasteiger partial charge in [-0.15, -0.1) is 11.8 Å². The normalized spacial score (nSPS) is 10.2. The highest BCUT2D eigenvalue weighted by atomic mass is 35.5. The SMILES string of the molecule is CSc1cc(Nc2ccc(C(=O)O)cc2Cl)ncn1. The molecule has 5 nitrogen and oxygen atoms in total. The summed E-state index contributed by atoms with van der Waals surface area (Å²) in [5.74, 6) is -0.413. The van der Waals surface area contributed by atoms with Gasteiger partial charge in [-0.3, -0.25) is 0 Å². The Morgan fingerprint density at radius 2 is 2.16 bits per heavy atom. The van der Waals surface area contributed by atoms with Crippen LogP contribution in [0.5, 0.6) is 0 Å². The van der Waals surface area contributed by atoms with Crippen LogP contribution >= 0.6 is 23.4 Å². The Balaban J connectivity index is 2.25. The molecule has 2 aromatic rings. The fraction of sp³-hybridized carbons (Fsp3) is 0.0833. The average molecular weight is 296 g/mol.